The summed E-state index contributed by atoms with van der Waals surface area (Å²) in [4.78, 5) is 13.4. The summed E-state index contributed by atoms with van der Waals surface area (Å²) in [5, 5.41) is 3.40. The van der Waals surface area contributed by atoms with Crippen LogP contribution in [0.1, 0.15) is 45.1 Å². The number of nitrogens with one attached hydrogen (secondary N) is 1. The van der Waals surface area contributed by atoms with E-state index >= 15 is 0 Å². The van der Waals surface area contributed by atoms with Gasteiger partial charge in [0.1, 0.15) is 5.82 Å². The lowest BCUT2D eigenvalue weighted by Crippen LogP contribution is -2.57. The summed E-state index contributed by atoms with van der Waals surface area (Å²) in [5.74, 6) is 1.95. The quantitative estimate of drug-likeness (QED) is 0.610. The first-order valence-corrected chi connectivity index (χ1v) is 11.9. The van der Waals surface area contributed by atoms with Gasteiger partial charge in [0.05, 0.1) is 10.5 Å². The van der Waals surface area contributed by atoms with E-state index in [0.717, 1.165) is 30.4 Å². The Labute approximate surface area is 169 Å². The third kappa shape index (κ3) is 4.77. The second kappa shape index (κ2) is 8.68. The number of anilines is 1. The minimum atomic E-state index is -3.06. The lowest BCUT2D eigenvalue weighted by atomic mass is 10.2. The monoisotopic (exact) mass is 407 g/mol. The fraction of sp³-hybridized carbons (Fsp3) is 0.700. The number of guanidine groups is 1. The van der Waals surface area contributed by atoms with E-state index in [0.29, 0.717) is 19.6 Å². The van der Waals surface area contributed by atoms with Crippen molar-refractivity contribution >= 4 is 21.6 Å². The molecule has 2 saturated heterocycles. The predicted molar refractivity (Wildman–Crippen MR) is 115 cm³/mol. The van der Waals surface area contributed by atoms with Crippen LogP contribution in [0.2, 0.25) is 0 Å². The number of pyridine rings is 1. The molecule has 0 atom stereocenters. The molecule has 1 aromatic heterocycles. The number of hydrogen-bond donors (Lipinski definition) is 1. The van der Waals surface area contributed by atoms with Crippen LogP contribution in [0.25, 0.3) is 0 Å². The lowest BCUT2D eigenvalue weighted by molar-refractivity contribution is 0.353. The average Bonchev–Trinajstić information content (AvgIpc) is 2.95. The van der Waals surface area contributed by atoms with Crippen LogP contribution in [-0.4, -0.2) is 68.0 Å². The summed E-state index contributed by atoms with van der Waals surface area (Å²) < 4.78 is 23.7. The van der Waals surface area contributed by atoms with E-state index in [1.54, 1.807) is 20.9 Å². The maximum atomic E-state index is 12.3. The zero-order valence-electron chi connectivity index (χ0n) is 17.3. The van der Waals surface area contributed by atoms with Gasteiger partial charge in [0, 0.05) is 46.0 Å². The first-order valence-electron chi connectivity index (χ1n) is 10.2. The van der Waals surface area contributed by atoms with Crippen molar-refractivity contribution in [3.8, 4) is 0 Å². The summed E-state index contributed by atoms with van der Waals surface area (Å²) in [6.45, 7) is 7.28. The zero-order valence-corrected chi connectivity index (χ0v) is 18.1. The molecule has 0 spiro atoms. The van der Waals surface area contributed by atoms with Gasteiger partial charge in [-0.1, -0.05) is 12.8 Å². The molecule has 0 saturated carbocycles. The molecule has 3 heterocycles. The lowest BCUT2D eigenvalue weighted by Gasteiger charge is -2.39. The molecule has 1 aromatic rings. The Morgan fingerprint density at radius 1 is 1.21 bits per heavy atom. The maximum absolute atomic E-state index is 12.3. The zero-order chi connectivity index (χ0) is 20.2. The summed E-state index contributed by atoms with van der Waals surface area (Å²) in [7, 11) is -1.32. The molecule has 8 heteroatoms. The van der Waals surface area contributed by atoms with E-state index in [9.17, 15) is 8.42 Å². The Balaban J connectivity index is 1.63. The Kier molecular flexibility index (Phi) is 6.47. The molecule has 2 aliphatic heterocycles. The molecule has 0 aromatic carbocycles. The molecular weight excluding hydrogens is 374 g/mol. The van der Waals surface area contributed by atoms with Gasteiger partial charge in [0.25, 0.3) is 0 Å². The summed E-state index contributed by atoms with van der Waals surface area (Å²) in [6, 6.07) is 4.17. The smallest absolute Gasteiger partial charge is 0.193 e. The molecule has 156 valence electrons. The van der Waals surface area contributed by atoms with Crippen LogP contribution in [0.4, 0.5) is 5.82 Å². The van der Waals surface area contributed by atoms with Crippen molar-refractivity contribution in [3.05, 3.63) is 23.9 Å². The van der Waals surface area contributed by atoms with Crippen molar-refractivity contribution < 1.29 is 8.42 Å². The number of rotatable bonds is 3. The van der Waals surface area contributed by atoms with E-state index in [4.69, 9.17) is 0 Å². The number of sulfone groups is 1. The predicted octanol–water partition coefficient (Wildman–Crippen LogP) is 2.05. The van der Waals surface area contributed by atoms with Crippen molar-refractivity contribution in [1.29, 1.82) is 0 Å². The molecule has 0 bridgehead atoms. The molecule has 1 N–H and O–H groups in total. The highest BCUT2D eigenvalue weighted by Crippen LogP contribution is 2.24. The SMILES string of the molecule is CN=C(NCc1ccnc(N2CCCCCC2)c1)N1CCS(=O)(=O)C(C)(C)C1. The Bertz CT molecular complexity index is 799. The van der Waals surface area contributed by atoms with Crippen LogP contribution in [0.15, 0.2) is 23.3 Å². The molecule has 7 nitrogen and oxygen atoms in total. The average molecular weight is 408 g/mol. The van der Waals surface area contributed by atoms with Gasteiger partial charge in [-0.05, 0) is 44.4 Å². The fourth-order valence-corrected chi connectivity index (χ4v) is 5.25. The van der Waals surface area contributed by atoms with Crippen LogP contribution < -0.4 is 10.2 Å². The van der Waals surface area contributed by atoms with Crippen LogP contribution in [0, 0.1) is 0 Å². The number of hydrogen-bond acceptors (Lipinski definition) is 5. The van der Waals surface area contributed by atoms with E-state index in [-0.39, 0.29) is 5.75 Å². The van der Waals surface area contributed by atoms with Crippen LogP contribution >= 0.6 is 0 Å². The van der Waals surface area contributed by atoms with Crippen molar-refractivity contribution in [2.24, 2.45) is 4.99 Å². The van der Waals surface area contributed by atoms with Gasteiger partial charge in [0.2, 0.25) is 0 Å². The molecule has 0 aliphatic carbocycles. The Hall–Kier alpha value is -1.83. The maximum Gasteiger partial charge on any atom is 0.193 e. The fourth-order valence-electron chi connectivity index (χ4n) is 3.88. The number of aromatic nitrogens is 1. The highest BCUT2D eigenvalue weighted by Gasteiger charge is 2.40. The minimum Gasteiger partial charge on any atom is -0.357 e. The Morgan fingerprint density at radius 3 is 2.57 bits per heavy atom. The molecule has 0 unspecified atom stereocenters. The van der Waals surface area contributed by atoms with E-state index in [1.165, 1.54) is 25.7 Å². The van der Waals surface area contributed by atoms with Gasteiger partial charge < -0.3 is 15.1 Å². The molecular formula is C20H33N5O2S. The number of aliphatic imine (C=N–C) groups is 1. The first kappa shape index (κ1) is 20.9. The van der Waals surface area contributed by atoms with Crippen molar-refractivity contribution in [2.45, 2.75) is 50.8 Å². The van der Waals surface area contributed by atoms with Crippen LogP contribution in [0.3, 0.4) is 0 Å². The van der Waals surface area contributed by atoms with Gasteiger partial charge >= 0.3 is 0 Å². The Morgan fingerprint density at radius 2 is 1.93 bits per heavy atom. The topological polar surface area (TPSA) is 77.9 Å². The normalized spacial score (nSPS) is 22.6. The van der Waals surface area contributed by atoms with Gasteiger partial charge in [0.15, 0.2) is 15.8 Å². The van der Waals surface area contributed by atoms with Gasteiger partial charge in [-0.2, -0.15) is 0 Å². The van der Waals surface area contributed by atoms with Crippen molar-refractivity contribution in [2.75, 3.05) is 43.9 Å². The largest absolute Gasteiger partial charge is 0.357 e. The van der Waals surface area contributed by atoms with E-state index in [2.05, 4.69) is 26.3 Å². The van der Waals surface area contributed by atoms with Crippen molar-refractivity contribution in [1.82, 2.24) is 15.2 Å². The third-order valence-electron chi connectivity index (χ3n) is 5.75. The molecule has 2 aliphatic rings. The van der Waals surface area contributed by atoms with E-state index in [1.807, 2.05) is 17.2 Å². The molecule has 0 amide bonds. The highest BCUT2D eigenvalue weighted by molar-refractivity contribution is 7.92. The second-order valence-corrected chi connectivity index (χ2v) is 11.1. The second-order valence-electron chi connectivity index (χ2n) is 8.32. The van der Waals surface area contributed by atoms with E-state index < -0.39 is 14.6 Å². The molecule has 28 heavy (non-hydrogen) atoms. The molecule has 3 rings (SSSR count). The van der Waals surface area contributed by atoms with Crippen LogP contribution in [-0.2, 0) is 16.4 Å². The summed E-state index contributed by atoms with van der Waals surface area (Å²) in [6.07, 6.45) is 6.93. The van der Waals surface area contributed by atoms with Gasteiger partial charge in [-0.15, -0.1) is 0 Å². The van der Waals surface area contributed by atoms with Crippen LogP contribution in [0.5, 0.6) is 0 Å². The highest BCUT2D eigenvalue weighted by atomic mass is 32.2. The third-order valence-corrected chi connectivity index (χ3v) is 8.28. The summed E-state index contributed by atoms with van der Waals surface area (Å²) in [5.41, 5.74) is 1.15. The summed E-state index contributed by atoms with van der Waals surface area (Å²) >= 11 is 0. The van der Waals surface area contributed by atoms with Gasteiger partial charge in [-0.25, -0.2) is 13.4 Å². The standard InChI is InChI=1S/C20H33N5O2S/c1-20(2)16-25(12-13-28(20,26)27)19(21-3)23-15-17-8-9-22-18(14-17)24-10-6-4-5-7-11-24/h8-9,14H,4-7,10-13,15-16H2,1-3H3,(H,21,23). The van der Waals surface area contributed by atoms with Crippen molar-refractivity contribution in [3.63, 3.8) is 0 Å². The first-order chi connectivity index (χ1) is 13.3. The molecule has 0 radical (unpaired) electrons. The van der Waals surface area contributed by atoms with Gasteiger partial charge in [-0.3, -0.25) is 4.99 Å². The molecule has 2 fully saturated rings. The number of nitrogens with zero attached hydrogens (tertiary/aromatic N) is 4. The minimum absolute atomic E-state index is 0.162.